The number of furan rings is 1. The van der Waals surface area contributed by atoms with Crippen molar-refractivity contribution in [3.8, 4) is 28.7 Å². The van der Waals surface area contributed by atoms with Crippen molar-refractivity contribution in [1.29, 1.82) is 0 Å². The van der Waals surface area contributed by atoms with Crippen LogP contribution in [0.2, 0.25) is 0 Å². The first kappa shape index (κ1) is 22.0. The molecule has 1 amide bonds. The van der Waals surface area contributed by atoms with Crippen LogP contribution in [0.1, 0.15) is 16.2 Å². The highest BCUT2D eigenvalue weighted by Gasteiger charge is 2.36. The van der Waals surface area contributed by atoms with Crippen molar-refractivity contribution in [2.75, 3.05) is 26.6 Å². The van der Waals surface area contributed by atoms with Gasteiger partial charge in [-0.15, -0.1) is 0 Å². The quantitative estimate of drug-likeness (QED) is 0.456. The van der Waals surface area contributed by atoms with Crippen LogP contribution in [0.15, 0.2) is 47.1 Å². The molecular formula is C21H17F3N4O5. The van der Waals surface area contributed by atoms with Crippen molar-refractivity contribution < 1.29 is 36.6 Å². The second kappa shape index (κ2) is 8.37. The van der Waals surface area contributed by atoms with Gasteiger partial charge in [-0.3, -0.25) is 4.79 Å². The van der Waals surface area contributed by atoms with Gasteiger partial charge in [-0.05, 0) is 18.2 Å². The molecule has 0 saturated carbocycles. The second-order valence-corrected chi connectivity index (χ2v) is 6.67. The lowest BCUT2D eigenvalue weighted by atomic mass is 10.2. The van der Waals surface area contributed by atoms with Gasteiger partial charge in [0.2, 0.25) is 5.75 Å². The first-order valence-electron chi connectivity index (χ1n) is 9.38. The van der Waals surface area contributed by atoms with Gasteiger partial charge in [0.05, 0.1) is 27.6 Å². The smallest absolute Gasteiger partial charge is 0.433 e. The molecule has 0 atom stereocenters. The number of nitrogens with zero attached hydrogens (tertiary/aromatic N) is 3. The lowest BCUT2D eigenvalue weighted by Gasteiger charge is -2.14. The van der Waals surface area contributed by atoms with Gasteiger partial charge in [0.15, 0.2) is 34.3 Å². The molecule has 0 spiro atoms. The van der Waals surface area contributed by atoms with Gasteiger partial charge in [0.1, 0.15) is 5.69 Å². The van der Waals surface area contributed by atoms with Crippen LogP contribution in [0.25, 0.3) is 17.1 Å². The minimum absolute atomic E-state index is 0.0451. The number of methoxy groups -OCH3 is 3. The van der Waals surface area contributed by atoms with E-state index in [9.17, 15) is 18.0 Å². The zero-order valence-electron chi connectivity index (χ0n) is 17.6. The Bertz CT molecular complexity index is 1290. The average molecular weight is 462 g/mol. The predicted molar refractivity (Wildman–Crippen MR) is 110 cm³/mol. The third-order valence-corrected chi connectivity index (χ3v) is 4.65. The molecule has 172 valence electrons. The van der Waals surface area contributed by atoms with Gasteiger partial charge >= 0.3 is 6.18 Å². The summed E-state index contributed by atoms with van der Waals surface area (Å²) in [5.74, 6) is 0.266. The van der Waals surface area contributed by atoms with E-state index in [0.29, 0.717) is 10.3 Å². The monoisotopic (exact) mass is 462 g/mol. The number of ether oxygens (including phenoxy) is 3. The summed E-state index contributed by atoms with van der Waals surface area (Å²) in [5, 5.41) is 6.38. The highest BCUT2D eigenvalue weighted by atomic mass is 19.4. The molecule has 1 aromatic carbocycles. The number of aromatic nitrogens is 3. The summed E-state index contributed by atoms with van der Waals surface area (Å²) in [6.07, 6.45) is -3.43. The first-order chi connectivity index (χ1) is 15.7. The number of hydrogen-bond donors (Lipinski definition) is 1. The van der Waals surface area contributed by atoms with Crippen LogP contribution in [0.4, 0.5) is 18.9 Å². The van der Waals surface area contributed by atoms with Crippen LogP contribution in [0, 0.1) is 0 Å². The molecule has 3 aromatic heterocycles. The fourth-order valence-electron chi connectivity index (χ4n) is 3.19. The van der Waals surface area contributed by atoms with Gasteiger partial charge in [-0.25, -0.2) is 9.50 Å². The van der Waals surface area contributed by atoms with Crippen LogP contribution >= 0.6 is 0 Å². The highest BCUT2D eigenvalue weighted by Crippen LogP contribution is 2.40. The lowest BCUT2D eigenvalue weighted by Crippen LogP contribution is -2.16. The van der Waals surface area contributed by atoms with Gasteiger partial charge in [0, 0.05) is 23.9 Å². The van der Waals surface area contributed by atoms with Crippen molar-refractivity contribution in [2.24, 2.45) is 0 Å². The number of nitrogens with one attached hydrogen (secondary N) is 1. The number of rotatable bonds is 6. The Morgan fingerprint density at radius 2 is 1.76 bits per heavy atom. The minimum Gasteiger partial charge on any atom is -0.493 e. The molecule has 33 heavy (non-hydrogen) atoms. The van der Waals surface area contributed by atoms with E-state index in [1.165, 1.54) is 51.9 Å². The maximum Gasteiger partial charge on any atom is 0.433 e. The summed E-state index contributed by atoms with van der Waals surface area (Å²) in [4.78, 5) is 16.9. The number of hydrogen-bond acceptors (Lipinski definition) is 7. The van der Waals surface area contributed by atoms with Gasteiger partial charge in [0.25, 0.3) is 5.91 Å². The largest absolute Gasteiger partial charge is 0.493 e. The molecule has 9 nitrogen and oxygen atoms in total. The van der Waals surface area contributed by atoms with Crippen molar-refractivity contribution in [2.45, 2.75) is 6.18 Å². The molecule has 4 rings (SSSR count). The zero-order chi connectivity index (χ0) is 23.8. The summed E-state index contributed by atoms with van der Waals surface area (Å²) < 4.78 is 62.5. The Kier molecular flexibility index (Phi) is 5.58. The van der Waals surface area contributed by atoms with E-state index in [4.69, 9.17) is 18.6 Å². The third kappa shape index (κ3) is 4.14. The number of anilines is 1. The van der Waals surface area contributed by atoms with E-state index >= 15 is 0 Å². The number of amides is 1. The summed E-state index contributed by atoms with van der Waals surface area (Å²) >= 11 is 0. The standard InChI is InChI=1S/C21H17F3N4O5/c1-30-15-7-11(8-16(31-2)19(15)32-3)25-20(29)13-10-18-26-12(14-5-4-6-33-14)9-17(21(22,23)24)28(18)27-13/h4-10H,1-3H3,(H,25,29). The minimum atomic E-state index is -4.75. The van der Waals surface area contributed by atoms with Gasteiger partial charge < -0.3 is 23.9 Å². The lowest BCUT2D eigenvalue weighted by molar-refractivity contribution is -0.142. The fourth-order valence-corrected chi connectivity index (χ4v) is 3.19. The molecule has 0 radical (unpaired) electrons. The van der Waals surface area contributed by atoms with Crippen molar-refractivity contribution >= 4 is 17.2 Å². The highest BCUT2D eigenvalue weighted by molar-refractivity contribution is 6.03. The summed E-state index contributed by atoms with van der Waals surface area (Å²) in [6, 6.07) is 7.91. The molecule has 4 aromatic rings. The van der Waals surface area contributed by atoms with Crippen LogP contribution in [0.5, 0.6) is 17.2 Å². The molecule has 0 fully saturated rings. The summed E-state index contributed by atoms with van der Waals surface area (Å²) in [5.41, 5.74) is -1.35. The SMILES string of the molecule is COc1cc(NC(=O)c2cc3nc(-c4ccco4)cc(C(F)(F)F)n3n2)cc(OC)c1OC. The first-order valence-corrected chi connectivity index (χ1v) is 9.38. The Morgan fingerprint density at radius 1 is 1.06 bits per heavy atom. The van der Waals surface area contributed by atoms with E-state index in [1.807, 2.05) is 0 Å². The van der Waals surface area contributed by atoms with Crippen LogP contribution in [0.3, 0.4) is 0 Å². The molecule has 0 aliphatic rings. The van der Waals surface area contributed by atoms with E-state index < -0.39 is 17.8 Å². The molecular weight excluding hydrogens is 445 g/mol. The van der Waals surface area contributed by atoms with Crippen LogP contribution < -0.4 is 19.5 Å². The van der Waals surface area contributed by atoms with E-state index in [2.05, 4.69) is 15.4 Å². The number of fused-ring (bicyclic) bond motifs is 1. The zero-order valence-corrected chi connectivity index (χ0v) is 17.6. The Balaban J connectivity index is 1.74. The second-order valence-electron chi connectivity index (χ2n) is 6.67. The Labute approximate surface area is 184 Å². The summed E-state index contributed by atoms with van der Waals surface area (Å²) in [7, 11) is 4.25. The molecule has 12 heteroatoms. The van der Waals surface area contributed by atoms with Gasteiger partial charge in [-0.2, -0.15) is 18.3 Å². The molecule has 3 heterocycles. The van der Waals surface area contributed by atoms with Gasteiger partial charge in [-0.1, -0.05) is 0 Å². The predicted octanol–water partition coefficient (Wildman–Crippen LogP) is 4.29. The molecule has 0 unspecified atom stereocenters. The summed E-state index contributed by atoms with van der Waals surface area (Å²) in [6.45, 7) is 0. The van der Waals surface area contributed by atoms with Crippen molar-refractivity contribution in [3.05, 3.63) is 54.0 Å². The van der Waals surface area contributed by atoms with Crippen molar-refractivity contribution in [1.82, 2.24) is 14.6 Å². The Morgan fingerprint density at radius 3 is 2.30 bits per heavy atom. The molecule has 0 bridgehead atoms. The molecule has 1 N–H and O–H groups in total. The average Bonchev–Trinajstić information content (AvgIpc) is 3.46. The topological polar surface area (TPSA) is 100 Å². The number of benzene rings is 1. The molecule has 0 aliphatic carbocycles. The van der Waals surface area contributed by atoms with E-state index in [-0.39, 0.29) is 40.0 Å². The normalized spacial score (nSPS) is 11.5. The number of carbonyl (C=O) groups excluding carboxylic acids is 1. The molecule has 0 aliphatic heterocycles. The maximum atomic E-state index is 13.7. The maximum absolute atomic E-state index is 13.7. The van der Waals surface area contributed by atoms with Crippen molar-refractivity contribution in [3.63, 3.8) is 0 Å². The van der Waals surface area contributed by atoms with Crippen LogP contribution in [-0.2, 0) is 6.18 Å². The van der Waals surface area contributed by atoms with Crippen LogP contribution in [-0.4, -0.2) is 41.8 Å². The number of carbonyl (C=O) groups is 1. The van der Waals surface area contributed by atoms with E-state index in [0.717, 1.165) is 12.1 Å². The van der Waals surface area contributed by atoms with E-state index in [1.54, 1.807) is 0 Å². The number of halogens is 3. The molecule has 0 saturated heterocycles. The Hall–Kier alpha value is -4.22. The number of alkyl halides is 3. The third-order valence-electron chi connectivity index (χ3n) is 4.65. The fraction of sp³-hybridized carbons (Fsp3) is 0.190.